The predicted molar refractivity (Wildman–Crippen MR) is 139 cm³/mol. The molecule has 1 saturated heterocycles. The average molecular weight is 519 g/mol. The number of hydrogen-bond acceptors (Lipinski definition) is 3. The van der Waals surface area contributed by atoms with Gasteiger partial charge in [0.25, 0.3) is 0 Å². The molecule has 2 aromatic carbocycles. The average Bonchev–Trinajstić information content (AvgIpc) is 3.31. The first-order valence-corrected chi connectivity index (χ1v) is 11.9. The lowest BCUT2D eigenvalue weighted by Crippen LogP contribution is -2.29. The van der Waals surface area contributed by atoms with Gasteiger partial charge in [0.15, 0.2) is 5.11 Å². The van der Waals surface area contributed by atoms with Crippen molar-refractivity contribution in [3.63, 3.8) is 0 Å². The van der Waals surface area contributed by atoms with Gasteiger partial charge in [0, 0.05) is 27.7 Å². The molecular formula is C26H23BrN4OS. The summed E-state index contributed by atoms with van der Waals surface area (Å²) >= 11 is 9.53. The molecule has 5 rings (SSSR count). The zero-order valence-corrected chi connectivity index (χ0v) is 20.6. The first-order chi connectivity index (χ1) is 16.0. The lowest BCUT2D eigenvalue weighted by molar-refractivity contribution is 0.475. The standard InChI is InChI=1S/C26H23BrN4OS/c1-16-15-20(17(2)30(16)23-9-4-3-7-21(23)27)25-24(22-8-5-6-14-28-22)29-26(33)31(25)18-10-12-19(32)13-11-18/h3-15,24-25,32H,1-2H3,(H,29,33)/t24-,25+/m0/s1. The van der Waals surface area contributed by atoms with Crippen molar-refractivity contribution in [1.82, 2.24) is 14.9 Å². The highest BCUT2D eigenvalue weighted by Crippen LogP contribution is 2.44. The van der Waals surface area contributed by atoms with Crippen LogP contribution in [0.25, 0.3) is 5.69 Å². The van der Waals surface area contributed by atoms with E-state index in [4.69, 9.17) is 12.2 Å². The largest absolute Gasteiger partial charge is 0.508 e. The van der Waals surface area contributed by atoms with Crippen molar-refractivity contribution in [3.05, 3.63) is 106 Å². The molecule has 0 saturated carbocycles. The summed E-state index contributed by atoms with van der Waals surface area (Å²) in [5.41, 5.74) is 6.38. The lowest BCUT2D eigenvalue weighted by Gasteiger charge is -2.28. The van der Waals surface area contributed by atoms with Gasteiger partial charge in [-0.2, -0.15) is 0 Å². The second kappa shape index (κ2) is 8.65. The number of pyridine rings is 1. The Morgan fingerprint density at radius 2 is 1.73 bits per heavy atom. The van der Waals surface area contributed by atoms with Gasteiger partial charge in [0.2, 0.25) is 0 Å². The van der Waals surface area contributed by atoms with Crippen LogP contribution in [0.2, 0.25) is 0 Å². The van der Waals surface area contributed by atoms with Gasteiger partial charge in [0.1, 0.15) is 5.75 Å². The summed E-state index contributed by atoms with van der Waals surface area (Å²) in [6.07, 6.45) is 1.81. The van der Waals surface area contributed by atoms with E-state index < -0.39 is 0 Å². The fourth-order valence-corrected chi connectivity index (χ4v) is 5.46. The smallest absolute Gasteiger partial charge is 0.174 e. The maximum absolute atomic E-state index is 9.83. The molecule has 0 bridgehead atoms. The number of nitrogens with zero attached hydrogens (tertiary/aromatic N) is 3. The van der Waals surface area contributed by atoms with Crippen molar-refractivity contribution in [2.24, 2.45) is 0 Å². The minimum Gasteiger partial charge on any atom is -0.508 e. The monoisotopic (exact) mass is 518 g/mol. The molecule has 0 radical (unpaired) electrons. The van der Waals surface area contributed by atoms with Crippen LogP contribution in [0.15, 0.2) is 83.5 Å². The van der Waals surface area contributed by atoms with E-state index in [1.54, 1.807) is 12.1 Å². The SMILES string of the molecule is Cc1cc([C@@H]2[C@H](c3ccccn3)NC(=S)N2c2ccc(O)cc2)c(C)n1-c1ccccc1Br. The summed E-state index contributed by atoms with van der Waals surface area (Å²) in [6, 6.07) is 23.3. The summed E-state index contributed by atoms with van der Waals surface area (Å²) < 4.78 is 3.31. The number of nitrogens with one attached hydrogen (secondary N) is 1. The Morgan fingerprint density at radius 3 is 2.42 bits per heavy atom. The highest BCUT2D eigenvalue weighted by molar-refractivity contribution is 9.10. The molecule has 5 nitrogen and oxygen atoms in total. The molecule has 1 fully saturated rings. The molecule has 4 aromatic rings. The summed E-state index contributed by atoms with van der Waals surface area (Å²) in [6.45, 7) is 4.27. The predicted octanol–water partition coefficient (Wildman–Crippen LogP) is 6.13. The van der Waals surface area contributed by atoms with Gasteiger partial charge < -0.3 is 19.9 Å². The van der Waals surface area contributed by atoms with Crippen molar-refractivity contribution in [2.45, 2.75) is 25.9 Å². The van der Waals surface area contributed by atoms with Crippen LogP contribution >= 0.6 is 28.1 Å². The molecule has 0 spiro atoms. The molecule has 33 heavy (non-hydrogen) atoms. The van der Waals surface area contributed by atoms with E-state index in [1.807, 2.05) is 48.7 Å². The van der Waals surface area contributed by atoms with E-state index in [1.165, 1.54) is 5.56 Å². The third-order valence-electron chi connectivity index (χ3n) is 6.11. The van der Waals surface area contributed by atoms with Gasteiger partial charge in [-0.3, -0.25) is 4.98 Å². The Hall–Kier alpha value is -3.16. The molecule has 2 atom stereocenters. The van der Waals surface area contributed by atoms with E-state index in [0.717, 1.165) is 32.9 Å². The van der Waals surface area contributed by atoms with Crippen LogP contribution < -0.4 is 10.2 Å². The number of para-hydroxylation sites is 1. The number of halogens is 1. The molecule has 7 heteroatoms. The number of anilines is 1. The molecule has 0 aliphatic carbocycles. The minimum atomic E-state index is -0.124. The molecular weight excluding hydrogens is 496 g/mol. The van der Waals surface area contributed by atoms with Gasteiger partial charge in [-0.15, -0.1) is 0 Å². The van der Waals surface area contributed by atoms with Gasteiger partial charge in [-0.1, -0.05) is 18.2 Å². The fourth-order valence-electron chi connectivity index (χ4n) is 4.65. The molecule has 0 unspecified atom stereocenters. The lowest BCUT2D eigenvalue weighted by atomic mass is 9.96. The van der Waals surface area contributed by atoms with Crippen LogP contribution in [0.1, 0.15) is 34.7 Å². The van der Waals surface area contributed by atoms with Gasteiger partial charge in [-0.25, -0.2) is 0 Å². The summed E-state index contributed by atoms with van der Waals surface area (Å²) in [4.78, 5) is 6.77. The number of rotatable bonds is 4. The van der Waals surface area contributed by atoms with Gasteiger partial charge in [0.05, 0.1) is 23.5 Å². The second-order valence-corrected chi connectivity index (χ2v) is 9.37. The van der Waals surface area contributed by atoms with Crippen LogP contribution in [0.3, 0.4) is 0 Å². The topological polar surface area (TPSA) is 53.3 Å². The second-order valence-electron chi connectivity index (χ2n) is 8.13. The number of benzene rings is 2. The zero-order chi connectivity index (χ0) is 23.1. The van der Waals surface area contributed by atoms with E-state index in [9.17, 15) is 5.11 Å². The Balaban J connectivity index is 1.69. The van der Waals surface area contributed by atoms with E-state index in [2.05, 4.69) is 67.7 Å². The number of thiocarbonyl (C=S) groups is 1. The Morgan fingerprint density at radius 1 is 1.00 bits per heavy atom. The van der Waals surface area contributed by atoms with Crippen LogP contribution in [0, 0.1) is 13.8 Å². The molecule has 2 N–H and O–H groups in total. The van der Waals surface area contributed by atoms with Gasteiger partial charge in [-0.05, 0) is 102 Å². The fraction of sp³-hybridized carbons (Fsp3) is 0.154. The summed E-state index contributed by atoms with van der Waals surface area (Å²) in [5.74, 6) is 0.224. The van der Waals surface area contributed by atoms with Crippen LogP contribution in [-0.4, -0.2) is 19.8 Å². The maximum atomic E-state index is 9.83. The van der Waals surface area contributed by atoms with E-state index in [-0.39, 0.29) is 17.8 Å². The van der Waals surface area contributed by atoms with Crippen LogP contribution in [0.4, 0.5) is 5.69 Å². The number of aromatic nitrogens is 2. The number of hydrogen-bond donors (Lipinski definition) is 2. The number of aromatic hydroxyl groups is 1. The van der Waals surface area contributed by atoms with Crippen molar-refractivity contribution in [3.8, 4) is 11.4 Å². The summed E-state index contributed by atoms with van der Waals surface area (Å²) in [5, 5.41) is 14.0. The third-order valence-corrected chi connectivity index (χ3v) is 7.09. The molecule has 1 aliphatic rings. The van der Waals surface area contributed by atoms with Crippen LogP contribution in [-0.2, 0) is 0 Å². The molecule has 166 valence electrons. The highest BCUT2D eigenvalue weighted by atomic mass is 79.9. The van der Waals surface area contributed by atoms with E-state index >= 15 is 0 Å². The van der Waals surface area contributed by atoms with Gasteiger partial charge >= 0.3 is 0 Å². The van der Waals surface area contributed by atoms with E-state index in [0.29, 0.717) is 5.11 Å². The molecule has 3 heterocycles. The minimum absolute atomic E-state index is 0.112. The van der Waals surface area contributed by atoms with Crippen molar-refractivity contribution in [2.75, 3.05) is 4.90 Å². The number of phenols is 1. The Bertz CT molecular complexity index is 1320. The first kappa shape index (κ1) is 21.7. The molecule has 0 amide bonds. The summed E-state index contributed by atoms with van der Waals surface area (Å²) in [7, 11) is 0. The first-order valence-electron chi connectivity index (χ1n) is 10.7. The maximum Gasteiger partial charge on any atom is 0.174 e. The highest BCUT2D eigenvalue weighted by Gasteiger charge is 2.42. The quantitative estimate of drug-likeness (QED) is 0.318. The zero-order valence-electron chi connectivity index (χ0n) is 18.2. The Kier molecular flexibility index (Phi) is 5.68. The number of aryl methyl sites for hydroxylation is 1. The van der Waals surface area contributed by atoms with Crippen molar-refractivity contribution >= 4 is 38.9 Å². The van der Waals surface area contributed by atoms with Crippen molar-refractivity contribution in [1.29, 1.82) is 0 Å². The molecule has 2 aromatic heterocycles. The van der Waals surface area contributed by atoms with Crippen LogP contribution in [0.5, 0.6) is 5.75 Å². The molecule has 1 aliphatic heterocycles. The normalized spacial score (nSPS) is 17.9. The number of phenolic OH excluding ortho intramolecular Hbond substituents is 1. The third kappa shape index (κ3) is 3.81. The van der Waals surface area contributed by atoms with Crippen molar-refractivity contribution < 1.29 is 5.11 Å². The Labute approximate surface area is 206 Å².